The Morgan fingerprint density at radius 2 is 1.88 bits per heavy atom. The van der Waals surface area contributed by atoms with Gasteiger partial charge in [0.15, 0.2) is 0 Å². The fourth-order valence-electron chi connectivity index (χ4n) is 1.04. The Balaban J connectivity index is 2.73. The maximum atomic E-state index is 13.4. The van der Waals surface area contributed by atoms with Gasteiger partial charge in [0.05, 0.1) is 12.5 Å². The number of rotatable bonds is 4. The van der Waals surface area contributed by atoms with Crippen LogP contribution in [0.3, 0.4) is 0 Å². The van der Waals surface area contributed by atoms with E-state index in [1.807, 2.05) is 6.07 Å². The van der Waals surface area contributed by atoms with Crippen LogP contribution in [0.2, 0.25) is 0 Å². The molecule has 0 radical (unpaired) electrons. The van der Waals surface area contributed by atoms with Gasteiger partial charge in [0.25, 0.3) is 5.25 Å². The molecule has 1 aromatic rings. The van der Waals surface area contributed by atoms with Crippen molar-refractivity contribution in [2.75, 3.05) is 0 Å². The van der Waals surface area contributed by atoms with E-state index < -0.39 is 11.2 Å². The Morgan fingerprint density at radius 3 is 2.31 bits per heavy atom. The summed E-state index contributed by atoms with van der Waals surface area (Å²) in [6.45, 7) is 2.99. The first-order valence-electron chi connectivity index (χ1n) is 4.98. The van der Waals surface area contributed by atoms with Crippen LogP contribution in [0.15, 0.2) is 29.2 Å². The summed E-state index contributed by atoms with van der Waals surface area (Å²) in [5.41, 5.74) is 0.847. The lowest BCUT2D eigenvalue weighted by Crippen LogP contribution is -2.18. The van der Waals surface area contributed by atoms with Gasteiger partial charge in [-0.05, 0) is 17.7 Å². The van der Waals surface area contributed by atoms with Crippen molar-refractivity contribution >= 4 is 11.8 Å². The van der Waals surface area contributed by atoms with Gasteiger partial charge in [-0.25, -0.2) is 0 Å². The van der Waals surface area contributed by atoms with Crippen LogP contribution in [0, 0.1) is 17.2 Å². The number of halogens is 2. The number of benzene rings is 1. The Labute approximate surface area is 98.5 Å². The van der Waals surface area contributed by atoms with Gasteiger partial charge >= 0.3 is 0 Å². The van der Waals surface area contributed by atoms with Crippen LogP contribution in [-0.2, 0) is 6.42 Å². The molecule has 0 aromatic heterocycles. The van der Waals surface area contributed by atoms with E-state index in [1.165, 1.54) is 13.8 Å². The van der Waals surface area contributed by atoms with Crippen molar-refractivity contribution in [3.8, 4) is 6.07 Å². The Morgan fingerprint density at radius 1 is 1.31 bits per heavy atom. The monoisotopic (exact) mass is 241 g/mol. The number of thioether (sulfide) groups is 1. The lowest BCUT2D eigenvalue weighted by molar-refractivity contribution is 0.0546. The van der Waals surface area contributed by atoms with Crippen LogP contribution in [0.4, 0.5) is 8.78 Å². The highest BCUT2D eigenvalue weighted by Crippen LogP contribution is 2.41. The molecular formula is C12H13F2NS. The number of hydrogen-bond donors (Lipinski definition) is 0. The zero-order valence-electron chi connectivity index (χ0n) is 9.21. The summed E-state index contributed by atoms with van der Waals surface area (Å²) in [6, 6.07) is 8.70. The van der Waals surface area contributed by atoms with E-state index in [-0.39, 0.29) is 0 Å². The molecule has 0 saturated heterocycles. The van der Waals surface area contributed by atoms with Crippen LogP contribution in [0.1, 0.15) is 19.4 Å². The minimum absolute atomic E-state index is 0.311. The molecule has 0 bridgehead atoms. The Kier molecular flexibility index (Phi) is 4.31. The molecule has 0 atom stereocenters. The minimum atomic E-state index is -2.75. The van der Waals surface area contributed by atoms with E-state index >= 15 is 0 Å². The van der Waals surface area contributed by atoms with Crippen molar-refractivity contribution in [2.24, 2.45) is 5.92 Å². The van der Waals surface area contributed by atoms with E-state index in [0.717, 1.165) is 5.56 Å². The predicted octanol–water partition coefficient (Wildman–Crippen LogP) is 4.09. The molecule has 86 valence electrons. The molecule has 1 rings (SSSR count). The summed E-state index contributed by atoms with van der Waals surface area (Å²) in [4.78, 5) is 0.528. The van der Waals surface area contributed by atoms with E-state index in [1.54, 1.807) is 24.3 Å². The fraction of sp³-hybridized carbons (Fsp3) is 0.417. The third-order valence-corrected chi connectivity index (χ3v) is 3.38. The number of nitrogens with zero attached hydrogens (tertiary/aromatic N) is 1. The highest BCUT2D eigenvalue weighted by Gasteiger charge is 2.34. The first-order chi connectivity index (χ1) is 7.45. The smallest absolute Gasteiger partial charge is 0.198 e. The zero-order valence-corrected chi connectivity index (χ0v) is 10.0. The van der Waals surface area contributed by atoms with Crippen molar-refractivity contribution in [2.45, 2.75) is 30.4 Å². The lowest BCUT2D eigenvalue weighted by atomic mass is 10.2. The van der Waals surface area contributed by atoms with E-state index in [0.29, 0.717) is 23.1 Å². The lowest BCUT2D eigenvalue weighted by Gasteiger charge is -2.19. The molecule has 0 unspecified atom stereocenters. The van der Waals surface area contributed by atoms with Crippen LogP contribution >= 0.6 is 11.8 Å². The maximum absolute atomic E-state index is 13.4. The highest BCUT2D eigenvalue weighted by atomic mass is 32.2. The molecule has 1 aromatic carbocycles. The average Bonchev–Trinajstić information content (AvgIpc) is 2.21. The largest absolute Gasteiger partial charge is 0.300 e. The van der Waals surface area contributed by atoms with Crippen molar-refractivity contribution in [3.63, 3.8) is 0 Å². The molecule has 0 N–H and O–H groups in total. The standard InChI is InChI=1S/C12H13F2NS/c1-9(2)12(13,14)16-11-5-3-10(4-6-11)7-8-15/h3-6,9H,7H2,1-2H3. The Bertz CT molecular complexity index is 379. The molecule has 0 fully saturated rings. The number of alkyl halides is 2. The van der Waals surface area contributed by atoms with Gasteiger partial charge in [0.1, 0.15) is 0 Å². The van der Waals surface area contributed by atoms with Gasteiger partial charge in [-0.15, -0.1) is 0 Å². The summed E-state index contributed by atoms with van der Waals surface area (Å²) in [6.07, 6.45) is 0.311. The molecule has 4 heteroatoms. The minimum Gasteiger partial charge on any atom is -0.198 e. The molecule has 0 aliphatic heterocycles. The molecule has 0 saturated carbocycles. The summed E-state index contributed by atoms with van der Waals surface area (Å²) in [7, 11) is 0. The second kappa shape index (κ2) is 5.31. The van der Waals surface area contributed by atoms with Crippen molar-refractivity contribution in [1.29, 1.82) is 5.26 Å². The van der Waals surface area contributed by atoms with Crippen LogP contribution in [0.5, 0.6) is 0 Å². The molecular weight excluding hydrogens is 228 g/mol. The molecule has 16 heavy (non-hydrogen) atoms. The van der Waals surface area contributed by atoms with Crippen LogP contribution in [0.25, 0.3) is 0 Å². The van der Waals surface area contributed by atoms with Gasteiger partial charge in [0.2, 0.25) is 0 Å². The maximum Gasteiger partial charge on any atom is 0.300 e. The molecule has 0 aliphatic rings. The quantitative estimate of drug-likeness (QED) is 0.741. The molecule has 0 spiro atoms. The molecule has 0 heterocycles. The summed E-state index contributed by atoms with van der Waals surface area (Å²) in [5, 5.41) is 5.72. The SMILES string of the molecule is CC(C)C(F)(F)Sc1ccc(CC#N)cc1. The van der Waals surface area contributed by atoms with Crippen molar-refractivity contribution in [1.82, 2.24) is 0 Å². The highest BCUT2D eigenvalue weighted by molar-refractivity contribution is 8.00. The predicted molar refractivity (Wildman–Crippen MR) is 61.4 cm³/mol. The van der Waals surface area contributed by atoms with E-state index in [9.17, 15) is 8.78 Å². The first kappa shape index (κ1) is 13.0. The molecule has 0 aliphatic carbocycles. The van der Waals surface area contributed by atoms with Gasteiger partial charge in [-0.1, -0.05) is 37.7 Å². The summed E-state index contributed by atoms with van der Waals surface area (Å²) >= 11 is 0.565. The van der Waals surface area contributed by atoms with Crippen molar-refractivity contribution in [3.05, 3.63) is 29.8 Å². The van der Waals surface area contributed by atoms with Gasteiger partial charge in [-0.2, -0.15) is 14.0 Å². The second-order valence-electron chi connectivity index (χ2n) is 3.80. The Hall–Kier alpha value is -1.08. The normalized spacial score (nSPS) is 11.5. The first-order valence-corrected chi connectivity index (χ1v) is 5.80. The van der Waals surface area contributed by atoms with Gasteiger partial charge in [0, 0.05) is 10.8 Å². The number of nitriles is 1. The van der Waals surface area contributed by atoms with Gasteiger partial charge in [-0.3, -0.25) is 0 Å². The topological polar surface area (TPSA) is 23.8 Å². The van der Waals surface area contributed by atoms with Crippen molar-refractivity contribution < 1.29 is 8.78 Å². The zero-order chi connectivity index (χ0) is 12.2. The third kappa shape index (κ3) is 3.49. The van der Waals surface area contributed by atoms with Gasteiger partial charge < -0.3 is 0 Å². The third-order valence-electron chi connectivity index (χ3n) is 2.13. The fourth-order valence-corrected chi connectivity index (χ4v) is 1.86. The summed E-state index contributed by atoms with van der Waals surface area (Å²) < 4.78 is 26.8. The number of hydrogen-bond acceptors (Lipinski definition) is 2. The average molecular weight is 241 g/mol. The second-order valence-corrected chi connectivity index (χ2v) is 5.02. The van der Waals surface area contributed by atoms with Crippen LogP contribution in [-0.4, -0.2) is 5.25 Å². The van der Waals surface area contributed by atoms with E-state index in [4.69, 9.17) is 5.26 Å². The summed E-state index contributed by atoms with van der Waals surface area (Å²) in [5.74, 6) is -0.698. The van der Waals surface area contributed by atoms with Crippen LogP contribution < -0.4 is 0 Å². The van der Waals surface area contributed by atoms with E-state index in [2.05, 4.69) is 0 Å². The molecule has 0 amide bonds. The molecule has 1 nitrogen and oxygen atoms in total.